The van der Waals surface area contributed by atoms with Crippen molar-refractivity contribution in [2.24, 2.45) is 11.8 Å². The van der Waals surface area contributed by atoms with Gasteiger partial charge in [0.15, 0.2) is 0 Å². The van der Waals surface area contributed by atoms with Gasteiger partial charge in [-0.05, 0) is 31.1 Å². The summed E-state index contributed by atoms with van der Waals surface area (Å²) in [6.07, 6.45) is 4.25. The molecule has 3 aliphatic rings. The van der Waals surface area contributed by atoms with Gasteiger partial charge in [-0.3, -0.25) is 4.79 Å². The Kier molecular flexibility index (Phi) is 3.34. The summed E-state index contributed by atoms with van der Waals surface area (Å²) in [6, 6.07) is 0. The second kappa shape index (κ2) is 4.94. The predicted octanol–water partition coefficient (Wildman–Crippen LogP) is 0.623. The molecule has 3 rings (SSSR count). The third-order valence-electron chi connectivity index (χ3n) is 4.45. The SMILES string of the molecule is O=C(CCC1CCCO1)N1CC2CNCC2C1. The molecule has 17 heavy (non-hydrogen) atoms. The number of carbonyl (C=O) groups excluding carboxylic acids is 1. The Morgan fingerprint density at radius 2 is 2.06 bits per heavy atom. The zero-order chi connectivity index (χ0) is 11.7. The number of rotatable bonds is 3. The molecule has 0 aliphatic carbocycles. The summed E-state index contributed by atoms with van der Waals surface area (Å²) in [5, 5.41) is 3.40. The van der Waals surface area contributed by atoms with E-state index in [1.807, 2.05) is 0 Å². The normalized spacial score (nSPS) is 36.5. The highest BCUT2D eigenvalue weighted by atomic mass is 16.5. The maximum absolute atomic E-state index is 12.1. The number of amides is 1. The first-order valence-electron chi connectivity index (χ1n) is 6.93. The average molecular weight is 238 g/mol. The second-order valence-electron chi connectivity index (χ2n) is 5.65. The van der Waals surface area contributed by atoms with Crippen molar-refractivity contribution < 1.29 is 9.53 Å². The first-order valence-corrected chi connectivity index (χ1v) is 6.93. The molecule has 3 atom stereocenters. The quantitative estimate of drug-likeness (QED) is 0.784. The average Bonchev–Trinajstić information content (AvgIpc) is 3.01. The number of likely N-dealkylation sites (tertiary alicyclic amines) is 1. The molecule has 0 aromatic rings. The molecule has 4 nitrogen and oxygen atoms in total. The highest BCUT2D eigenvalue weighted by Crippen LogP contribution is 2.27. The van der Waals surface area contributed by atoms with Crippen LogP contribution < -0.4 is 5.32 Å². The summed E-state index contributed by atoms with van der Waals surface area (Å²) >= 11 is 0. The molecular formula is C13H22N2O2. The smallest absolute Gasteiger partial charge is 0.222 e. The van der Waals surface area contributed by atoms with Gasteiger partial charge in [-0.1, -0.05) is 0 Å². The summed E-state index contributed by atoms with van der Waals surface area (Å²) in [7, 11) is 0. The Balaban J connectivity index is 1.43. The van der Waals surface area contributed by atoms with Gasteiger partial charge < -0.3 is 15.0 Å². The minimum Gasteiger partial charge on any atom is -0.378 e. The van der Waals surface area contributed by atoms with Crippen LogP contribution in [0.25, 0.3) is 0 Å². The van der Waals surface area contributed by atoms with Crippen molar-refractivity contribution >= 4 is 5.91 Å². The number of ether oxygens (including phenoxy) is 1. The van der Waals surface area contributed by atoms with E-state index in [0.29, 0.717) is 30.3 Å². The lowest BCUT2D eigenvalue weighted by Gasteiger charge is -2.18. The standard InChI is InChI=1S/C13H22N2O2/c16-13(4-3-12-2-1-5-17-12)15-8-10-6-14-7-11(10)9-15/h10-12,14H,1-9H2. The summed E-state index contributed by atoms with van der Waals surface area (Å²) in [5.74, 6) is 1.76. The summed E-state index contributed by atoms with van der Waals surface area (Å²) in [5.41, 5.74) is 0. The van der Waals surface area contributed by atoms with Crippen LogP contribution >= 0.6 is 0 Å². The molecule has 3 heterocycles. The van der Waals surface area contributed by atoms with E-state index < -0.39 is 0 Å². The first kappa shape index (κ1) is 11.5. The zero-order valence-electron chi connectivity index (χ0n) is 10.4. The zero-order valence-corrected chi connectivity index (χ0v) is 10.4. The Hall–Kier alpha value is -0.610. The number of fused-ring (bicyclic) bond motifs is 1. The largest absolute Gasteiger partial charge is 0.378 e. The van der Waals surface area contributed by atoms with Crippen molar-refractivity contribution in [2.75, 3.05) is 32.8 Å². The van der Waals surface area contributed by atoms with Crippen molar-refractivity contribution in [1.82, 2.24) is 10.2 Å². The molecule has 1 amide bonds. The first-order chi connectivity index (χ1) is 8.33. The Bertz CT molecular complexity index is 277. The van der Waals surface area contributed by atoms with Crippen LogP contribution in [0.5, 0.6) is 0 Å². The van der Waals surface area contributed by atoms with Crippen LogP contribution in [0.1, 0.15) is 25.7 Å². The number of hydrogen-bond donors (Lipinski definition) is 1. The molecule has 3 unspecified atom stereocenters. The number of hydrogen-bond acceptors (Lipinski definition) is 3. The number of nitrogens with one attached hydrogen (secondary N) is 1. The number of carbonyl (C=O) groups is 1. The summed E-state index contributed by atoms with van der Waals surface area (Å²) < 4.78 is 5.56. The predicted molar refractivity (Wildman–Crippen MR) is 64.6 cm³/mol. The van der Waals surface area contributed by atoms with Gasteiger partial charge in [-0.2, -0.15) is 0 Å². The van der Waals surface area contributed by atoms with E-state index in [1.54, 1.807) is 0 Å². The van der Waals surface area contributed by atoms with Crippen molar-refractivity contribution in [3.05, 3.63) is 0 Å². The van der Waals surface area contributed by atoms with Gasteiger partial charge >= 0.3 is 0 Å². The highest BCUT2D eigenvalue weighted by Gasteiger charge is 2.37. The molecular weight excluding hydrogens is 216 g/mol. The molecule has 3 saturated heterocycles. The van der Waals surface area contributed by atoms with Gasteiger partial charge in [0.05, 0.1) is 6.10 Å². The van der Waals surface area contributed by atoms with Gasteiger partial charge in [0, 0.05) is 39.2 Å². The summed E-state index contributed by atoms with van der Waals surface area (Å²) in [6.45, 7) is 5.03. The van der Waals surface area contributed by atoms with E-state index in [2.05, 4.69) is 10.2 Å². The molecule has 3 fully saturated rings. The topological polar surface area (TPSA) is 41.6 Å². The van der Waals surface area contributed by atoms with Crippen LogP contribution in [0.2, 0.25) is 0 Å². The van der Waals surface area contributed by atoms with Crippen LogP contribution in [0.4, 0.5) is 0 Å². The fourth-order valence-electron chi connectivity index (χ4n) is 3.37. The minimum absolute atomic E-state index is 0.342. The molecule has 0 aromatic heterocycles. The van der Waals surface area contributed by atoms with Crippen molar-refractivity contribution in [3.63, 3.8) is 0 Å². The van der Waals surface area contributed by atoms with Gasteiger partial charge in [0.2, 0.25) is 5.91 Å². The van der Waals surface area contributed by atoms with E-state index in [1.165, 1.54) is 6.42 Å². The van der Waals surface area contributed by atoms with Crippen molar-refractivity contribution in [3.8, 4) is 0 Å². The molecule has 0 spiro atoms. The molecule has 3 aliphatic heterocycles. The maximum atomic E-state index is 12.1. The molecule has 96 valence electrons. The molecule has 0 aromatic carbocycles. The van der Waals surface area contributed by atoms with Crippen LogP contribution in [-0.4, -0.2) is 49.7 Å². The Labute approximate surface area is 103 Å². The number of nitrogens with zero attached hydrogens (tertiary/aromatic N) is 1. The maximum Gasteiger partial charge on any atom is 0.222 e. The second-order valence-corrected chi connectivity index (χ2v) is 5.65. The van der Waals surface area contributed by atoms with Crippen LogP contribution in [-0.2, 0) is 9.53 Å². The van der Waals surface area contributed by atoms with Crippen molar-refractivity contribution in [2.45, 2.75) is 31.8 Å². The van der Waals surface area contributed by atoms with E-state index >= 15 is 0 Å². The van der Waals surface area contributed by atoms with E-state index in [4.69, 9.17) is 4.74 Å². The lowest BCUT2D eigenvalue weighted by molar-refractivity contribution is -0.131. The molecule has 0 bridgehead atoms. The fraction of sp³-hybridized carbons (Fsp3) is 0.923. The minimum atomic E-state index is 0.342. The lowest BCUT2D eigenvalue weighted by Crippen LogP contribution is -2.32. The molecule has 1 N–H and O–H groups in total. The third-order valence-corrected chi connectivity index (χ3v) is 4.45. The Morgan fingerprint density at radius 3 is 2.71 bits per heavy atom. The van der Waals surface area contributed by atoms with E-state index in [9.17, 15) is 4.79 Å². The van der Waals surface area contributed by atoms with Gasteiger partial charge in [0.25, 0.3) is 0 Å². The van der Waals surface area contributed by atoms with Crippen LogP contribution in [0, 0.1) is 11.8 Å². The van der Waals surface area contributed by atoms with Gasteiger partial charge in [0.1, 0.15) is 0 Å². The molecule has 0 radical (unpaired) electrons. The lowest BCUT2D eigenvalue weighted by atomic mass is 10.0. The van der Waals surface area contributed by atoms with Crippen molar-refractivity contribution in [1.29, 1.82) is 0 Å². The molecule has 4 heteroatoms. The third kappa shape index (κ3) is 2.47. The summed E-state index contributed by atoms with van der Waals surface area (Å²) in [4.78, 5) is 14.2. The van der Waals surface area contributed by atoms with Crippen LogP contribution in [0.15, 0.2) is 0 Å². The van der Waals surface area contributed by atoms with E-state index in [0.717, 1.165) is 45.6 Å². The highest BCUT2D eigenvalue weighted by molar-refractivity contribution is 5.76. The van der Waals surface area contributed by atoms with Gasteiger partial charge in [-0.15, -0.1) is 0 Å². The van der Waals surface area contributed by atoms with Crippen LogP contribution in [0.3, 0.4) is 0 Å². The molecule has 0 saturated carbocycles. The van der Waals surface area contributed by atoms with E-state index in [-0.39, 0.29) is 0 Å². The Morgan fingerprint density at radius 1 is 1.29 bits per heavy atom. The van der Waals surface area contributed by atoms with Gasteiger partial charge in [-0.25, -0.2) is 0 Å². The monoisotopic (exact) mass is 238 g/mol. The fourth-order valence-corrected chi connectivity index (χ4v) is 3.37.